The number of hydrogen-bond acceptors (Lipinski definition) is 4. The minimum atomic E-state index is -0.289. The molecule has 2 aliphatic heterocycles. The predicted octanol–water partition coefficient (Wildman–Crippen LogP) is 0.630. The second kappa shape index (κ2) is 5.63. The van der Waals surface area contributed by atoms with Crippen LogP contribution >= 0.6 is 0 Å². The molecule has 2 amide bonds. The molecule has 1 aromatic rings. The highest BCUT2D eigenvalue weighted by Crippen LogP contribution is 2.25. The average molecular weight is 288 g/mol. The fourth-order valence-corrected chi connectivity index (χ4v) is 2.80. The predicted molar refractivity (Wildman–Crippen MR) is 81.1 cm³/mol. The zero-order valence-corrected chi connectivity index (χ0v) is 12.1. The number of fused-ring (bicyclic) bond motifs is 1. The van der Waals surface area contributed by atoms with Crippen LogP contribution in [-0.4, -0.2) is 48.9 Å². The highest BCUT2D eigenvalue weighted by Gasteiger charge is 2.28. The third-order valence-electron chi connectivity index (χ3n) is 4.04. The SMILES string of the molecule is CN1CC(NC(=O)C2CNc3ccccc3N2)CCC1=O. The number of rotatable bonds is 2. The lowest BCUT2D eigenvalue weighted by atomic mass is 10.0. The fraction of sp³-hybridized carbons (Fsp3) is 0.467. The zero-order valence-electron chi connectivity index (χ0n) is 12.1. The lowest BCUT2D eigenvalue weighted by Crippen LogP contribution is -2.54. The van der Waals surface area contributed by atoms with E-state index in [1.54, 1.807) is 11.9 Å². The molecule has 0 bridgehead atoms. The molecule has 3 rings (SSSR count). The summed E-state index contributed by atoms with van der Waals surface area (Å²) in [6.45, 7) is 1.14. The molecule has 0 aromatic heterocycles. The summed E-state index contributed by atoms with van der Waals surface area (Å²) in [5.74, 6) is 0.122. The first-order valence-corrected chi connectivity index (χ1v) is 7.27. The Kier molecular flexibility index (Phi) is 3.68. The van der Waals surface area contributed by atoms with Crippen molar-refractivity contribution in [2.45, 2.75) is 24.9 Å². The quantitative estimate of drug-likeness (QED) is 0.746. The van der Waals surface area contributed by atoms with Crippen LogP contribution in [0.5, 0.6) is 0 Å². The number of hydrogen-bond donors (Lipinski definition) is 3. The van der Waals surface area contributed by atoms with Crippen molar-refractivity contribution in [2.24, 2.45) is 0 Å². The Morgan fingerprint density at radius 3 is 2.86 bits per heavy atom. The molecule has 0 radical (unpaired) electrons. The molecule has 2 heterocycles. The molecule has 1 saturated heterocycles. The first-order chi connectivity index (χ1) is 10.1. The van der Waals surface area contributed by atoms with Crippen molar-refractivity contribution >= 4 is 23.2 Å². The normalized spacial score (nSPS) is 24.6. The van der Waals surface area contributed by atoms with Crippen molar-refractivity contribution in [1.82, 2.24) is 10.2 Å². The average Bonchev–Trinajstić information content (AvgIpc) is 2.50. The molecule has 112 valence electrons. The van der Waals surface area contributed by atoms with Gasteiger partial charge < -0.3 is 20.9 Å². The number of piperidine rings is 1. The van der Waals surface area contributed by atoms with Gasteiger partial charge >= 0.3 is 0 Å². The van der Waals surface area contributed by atoms with Crippen LogP contribution in [0.1, 0.15) is 12.8 Å². The molecular weight excluding hydrogens is 268 g/mol. The Hall–Kier alpha value is -2.24. The van der Waals surface area contributed by atoms with Gasteiger partial charge in [0.15, 0.2) is 0 Å². The molecular formula is C15H20N4O2. The van der Waals surface area contributed by atoms with Crippen LogP contribution in [0.4, 0.5) is 11.4 Å². The van der Waals surface area contributed by atoms with Crippen LogP contribution in [0.15, 0.2) is 24.3 Å². The number of para-hydroxylation sites is 2. The number of benzene rings is 1. The number of likely N-dealkylation sites (tertiary alicyclic amines) is 1. The van der Waals surface area contributed by atoms with Crippen LogP contribution in [0.2, 0.25) is 0 Å². The molecule has 6 nitrogen and oxygen atoms in total. The van der Waals surface area contributed by atoms with Gasteiger partial charge in [0.25, 0.3) is 0 Å². The van der Waals surface area contributed by atoms with Gasteiger partial charge in [0.2, 0.25) is 11.8 Å². The van der Waals surface area contributed by atoms with Crippen molar-refractivity contribution in [3.8, 4) is 0 Å². The fourth-order valence-electron chi connectivity index (χ4n) is 2.80. The van der Waals surface area contributed by atoms with Gasteiger partial charge in [0.05, 0.1) is 11.4 Å². The highest BCUT2D eigenvalue weighted by molar-refractivity contribution is 5.89. The van der Waals surface area contributed by atoms with Gasteiger partial charge in [-0.15, -0.1) is 0 Å². The molecule has 1 aromatic carbocycles. The van der Waals surface area contributed by atoms with Gasteiger partial charge in [-0.1, -0.05) is 12.1 Å². The zero-order chi connectivity index (χ0) is 14.8. The number of likely N-dealkylation sites (N-methyl/N-ethyl adjacent to an activating group) is 1. The number of carbonyl (C=O) groups excluding carboxylic acids is 2. The number of anilines is 2. The lowest BCUT2D eigenvalue weighted by Gasteiger charge is -2.33. The second-order valence-corrected chi connectivity index (χ2v) is 5.64. The number of carbonyl (C=O) groups is 2. The van der Waals surface area contributed by atoms with E-state index in [-0.39, 0.29) is 23.9 Å². The summed E-state index contributed by atoms with van der Waals surface area (Å²) in [6.07, 6.45) is 1.21. The Bertz CT molecular complexity index is 560. The van der Waals surface area contributed by atoms with Gasteiger partial charge in [0.1, 0.15) is 6.04 Å². The third-order valence-corrected chi connectivity index (χ3v) is 4.04. The topological polar surface area (TPSA) is 73.5 Å². The maximum Gasteiger partial charge on any atom is 0.244 e. The van der Waals surface area contributed by atoms with Crippen LogP contribution in [-0.2, 0) is 9.59 Å². The maximum absolute atomic E-state index is 12.3. The summed E-state index contributed by atoms with van der Waals surface area (Å²) in [4.78, 5) is 25.5. The maximum atomic E-state index is 12.3. The number of nitrogens with zero attached hydrogens (tertiary/aromatic N) is 1. The standard InChI is InChI=1S/C15H20N4O2/c1-19-9-10(6-7-14(19)20)17-15(21)13-8-16-11-4-2-3-5-12(11)18-13/h2-5,10,13,16,18H,6-9H2,1H3,(H,17,21). The Balaban J connectivity index is 1.58. The first-order valence-electron chi connectivity index (χ1n) is 7.27. The molecule has 3 N–H and O–H groups in total. The summed E-state index contributed by atoms with van der Waals surface area (Å²) < 4.78 is 0. The van der Waals surface area contributed by atoms with Gasteiger partial charge in [-0.25, -0.2) is 0 Å². The Morgan fingerprint density at radius 1 is 1.33 bits per heavy atom. The minimum absolute atomic E-state index is 0.0234. The van der Waals surface area contributed by atoms with Gasteiger partial charge in [0, 0.05) is 32.6 Å². The number of nitrogens with one attached hydrogen (secondary N) is 3. The molecule has 0 aliphatic carbocycles. The van der Waals surface area contributed by atoms with E-state index in [1.807, 2.05) is 24.3 Å². The van der Waals surface area contributed by atoms with Gasteiger partial charge in [-0.3, -0.25) is 9.59 Å². The Morgan fingerprint density at radius 2 is 2.10 bits per heavy atom. The summed E-state index contributed by atoms with van der Waals surface area (Å²) in [6, 6.07) is 7.59. The van der Waals surface area contributed by atoms with E-state index >= 15 is 0 Å². The van der Waals surface area contributed by atoms with Crippen LogP contribution in [0.25, 0.3) is 0 Å². The van der Waals surface area contributed by atoms with Crippen molar-refractivity contribution in [2.75, 3.05) is 30.8 Å². The van der Waals surface area contributed by atoms with Crippen LogP contribution in [0, 0.1) is 0 Å². The van der Waals surface area contributed by atoms with Crippen molar-refractivity contribution in [3.63, 3.8) is 0 Å². The van der Waals surface area contributed by atoms with E-state index in [2.05, 4.69) is 16.0 Å². The largest absolute Gasteiger partial charge is 0.381 e. The molecule has 1 fully saturated rings. The van der Waals surface area contributed by atoms with Gasteiger partial charge in [-0.2, -0.15) is 0 Å². The van der Waals surface area contributed by atoms with E-state index in [9.17, 15) is 9.59 Å². The highest BCUT2D eigenvalue weighted by atomic mass is 16.2. The van der Waals surface area contributed by atoms with Crippen molar-refractivity contribution in [3.05, 3.63) is 24.3 Å². The smallest absolute Gasteiger partial charge is 0.244 e. The third kappa shape index (κ3) is 2.94. The van der Waals surface area contributed by atoms with E-state index in [0.29, 0.717) is 25.9 Å². The summed E-state index contributed by atoms with van der Waals surface area (Å²) >= 11 is 0. The molecule has 0 saturated carbocycles. The summed E-state index contributed by atoms with van der Waals surface area (Å²) in [5, 5.41) is 9.55. The minimum Gasteiger partial charge on any atom is -0.381 e. The molecule has 0 spiro atoms. The molecule has 21 heavy (non-hydrogen) atoms. The lowest BCUT2D eigenvalue weighted by molar-refractivity contribution is -0.134. The first kappa shape index (κ1) is 13.7. The van der Waals surface area contributed by atoms with Crippen molar-refractivity contribution < 1.29 is 9.59 Å². The van der Waals surface area contributed by atoms with E-state index in [1.165, 1.54) is 0 Å². The van der Waals surface area contributed by atoms with E-state index < -0.39 is 0 Å². The summed E-state index contributed by atoms with van der Waals surface area (Å²) in [7, 11) is 1.78. The van der Waals surface area contributed by atoms with E-state index in [4.69, 9.17) is 0 Å². The van der Waals surface area contributed by atoms with Crippen LogP contribution < -0.4 is 16.0 Å². The van der Waals surface area contributed by atoms with Crippen LogP contribution in [0.3, 0.4) is 0 Å². The molecule has 2 aliphatic rings. The molecule has 6 heteroatoms. The number of amides is 2. The van der Waals surface area contributed by atoms with Gasteiger partial charge in [-0.05, 0) is 18.6 Å². The Labute approximate surface area is 123 Å². The summed E-state index contributed by atoms with van der Waals surface area (Å²) in [5.41, 5.74) is 1.96. The molecule has 2 atom stereocenters. The monoisotopic (exact) mass is 288 g/mol. The van der Waals surface area contributed by atoms with Crippen molar-refractivity contribution in [1.29, 1.82) is 0 Å². The second-order valence-electron chi connectivity index (χ2n) is 5.64. The molecule has 2 unspecified atom stereocenters. The van der Waals surface area contributed by atoms with E-state index in [0.717, 1.165) is 11.4 Å².